The summed E-state index contributed by atoms with van der Waals surface area (Å²) < 4.78 is 76.2. The fraction of sp³-hybridized carbons (Fsp3) is 0.200. The largest absolute Gasteiger partial charge is 0.486 e. The molecule has 0 aromatic heterocycles. The first-order valence-corrected chi connectivity index (χ1v) is 8.82. The van der Waals surface area contributed by atoms with E-state index in [-0.39, 0.29) is 10.7 Å². The normalized spacial score (nSPS) is 14.2. The summed E-state index contributed by atoms with van der Waals surface area (Å²) in [5.74, 6) is 0.785. The summed E-state index contributed by atoms with van der Waals surface area (Å²) in [7, 11) is -4.33. The molecule has 2 aromatic carbocycles. The molecule has 0 radical (unpaired) electrons. The topological polar surface area (TPSA) is 64.6 Å². The lowest BCUT2D eigenvalue weighted by Crippen LogP contribution is -2.17. The molecule has 0 saturated carbocycles. The number of halogens is 4. The molecular weight excluding hydrogens is 383 g/mol. The van der Waals surface area contributed by atoms with Gasteiger partial charge < -0.3 is 9.47 Å². The van der Waals surface area contributed by atoms with E-state index in [0.29, 0.717) is 36.8 Å². The Bertz CT molecular complexity index is 915. The number of ether oxygens (including phenoxy) is 2. The van der Waals surface area contributed by atoms with E-state index in [1.54, 1.807) is 0 Å². The van der Waals surface area contributed by atoms with Crippen LogP contribution in [0.2, 0.25) is 5.02 Å². The molecule has 1 aliphatic rings. The quantitative estimate of drug-likeness (QED) is 0.858. The Hall–Kier alpha value is -2.13. The second kappa shape index (κ2) is 6.30. The lowest BCUT2D eigenvalue weighted by molar-refractivity contribution is -0.137. The third-order valence-electron chi connectivity index (χ3n) is 3.34. The lowest BCUT2D eigenvalue weighted by atomic mass is 10.2. The van der Waals surface area contributed by atoms with E-state index in [4.69, 9.17) is 21.1 Å². The SMILES string of the molecule is O=S(=O)(Nc1ccc2c(c1)OCCO2)c1cc(C(F)(F)F)ccc1Cl. The zero-order valence-corrected chi connectivity index (χ0v) is 14.0. The summed E-state index contributed by atoms with van der Waals surface area (Å²) in [6, 6.07) is 6.39. The van der Waals surface area contributed by atoms with Crippen LogP contribution in [-0.4, -0.2) is 21.6 Å². The number of rotatable bonds is 3. The van der Waals surface area contributed by atoms with Gasteiger partial charge in [-0.3, -0.25) is 4.72 Å². The van der Waals surface area contributed by atoms with Crippen molar-refractivity contribution in [2.24, 2.45) is 0 Å². The van der Waals surface area contributed by atoms with Gasteiger partial charge in [-0.1, -0.05) is 11.6 Å². The number of sulfonamides is 1. The number of fused-ring (bicyclic) bond motifs is 1. The van der Waals surface area contributed by atoms with Crippen molar-refractivity contribution in [3.8, 4) is 11.5 Å². The minimum Gasteiger partial charge on any atom is -0.486 e. The smallest absolute Gasteiger partial charge is 0.416 e. The van der Waals surface area contributed by atoms with Gasteiger partial charge in [0.1, 0.15) is 18.1 Å². The molecule has 0 unspecified atom stereocenters. The molecule has 25 heavy (non-hydrogen) atoms. The van der Waals surface area contributed by atoms with E-state index in [2.05, 4.69) is 4.72 Å². The van der Waals surface area contributed by atoms with E-state index in [9.17, 15) is 21.6 Å². The van der Waals surface area contributed by atoms with Crippen LogP contribution in [0, 0.1) is 0 Å². The van der Waals surface area contributed by atoms with Crippen molar-refractivity contribution >= 4 is 27.3 Å². The average molecular weight is 394 g/mol. The van der Waals surface area contributed by atoms with Gasteiger partial charge in [0.2, 0.25) is 0 Å². The Morgan fingerprint density at radius 1 is 1.00 bits per heavy atom. The fourth-order valence-electron chi connectivity index (χ4n) is 2.20. The van der Waals surface area contributed by atoms with Crippen LogP contribution in [0.4, 0.5) is 18.9 Å². The Balaban J connectivity index is 1.95. The maximum absolute atomic E-state index is 12.8. The van der Waals surface area contributed by atoms with Crippen LogP contribution >= 0.6 is 11.6 Å². The zero-order valence-electron chi connectivity index (χ0n) is 12.4. The van der Waals surface area contributed by atoms with Gasteiger partial charge in [-0.05, 0) is 30.3 Å². The van der Waals surface area contributed by atoms with Crippen LogP contribution in [0.15, 0.2) is 41.3 Å². The highest BCUT2D eigenvalue weighted by Gasteiger charge is 2.32. The number of anilines is 1. The summed E-state index contributed by atoms with van der Waals surface area (Å²) in [5, 5.41) is -0.321. The molecule has 1 aliphatic heterocycles. The van der Waals surface area contributed by atoms with Gasteiger partial charge in [0, 0.05) is 6.07 Å². The first-order chi connectivity index (χ1) is 11.7. The van der Waals surface area contributed by atoms with E-state index < -0.39 is 26.7 Å². The third kappa shape index (κ3) is 3.77. The maximum atomic E-state index is 12.8. The number of nitrogens with one attached hydrogen (secondary N) is 1. The van der Waals surface area contributed by atoms with Gasteiger partial charge in [0.05, 0.1) is 16.3 Å². The molecule has 0 bridgehead atoms. The van der Waals surface area contributed by atoms with Crippen LogP contribution in [0.1, 0.15) is 5.56 Å². The average Bonchev–Trinajstić information content (AvgIpc) is 2.53. The van der Waals surface area contributed by atoms with Crippen LogP contribution in [0.25, 0.3) is 0 Å². The number of alkyl halides is 3. The molecule has 0 saturated heterocycles. The summed E-state index contributed by atoms with van der Waals surface area (Å²) in [5.41, 5.74) is -1.00. The summed E-state index contributed by atoms with van der Waals surface area (Å²) in [6.07, 6.45) is -4.69. The van der Waals surface area contributed by atoms with E-state index in [0.717, 1.165) is 6.07 Å². The van der Waals surface area contributed by atoms with Gasteiger partial charge in [0.25, 0.3) is 10.0 Å². The van der Waals surface area contributed by atoms with Crippen LogP contribution < -0.4 is 14.2 Å². The van der Waals surface area contributed by atoms with Crippen molar-refractivity contribution in [2.45, 2.75) is 11.1 Å². The Kier molecular flexibility index (Phi) is 4.46. The molecule has 3 rings (SSSR count). The number of hydrogen-bond donors (Lipinski definition) is 1. The van der Waals surface area contributed by atoms with Crippen molar-refractivity contribution in [3.05, 3.63) is 47.0 Å². The second-order valence-corrected chi connectivity index (χ2v) is 7.16. The summed E-state index contributed by atoms with van der Waals surface area (Å²) in [6.45, 7) is 0.681. The molecule has 0 amide bonds. The van der Waals surface area contributed by atoms with Crippen molar-refractivity contribution < 1.29 is 31.1 Å². The highest BCUT2D eigenvalue weighted by Crippen LogP contribution is 2.36. The van der Waals surface area contributed by atoms with Gasteiger partial charge in [-0.15, -0.1) is 0 Å². The predicted octanol–water partition coefficient (Wildman–Crippen LogP) is 3.93. The Morgan fingerprint density at radius 2 is 1.68 bits per heavy atom. The zero-order chi connectivity index (χ0) is 18.2. The van der Waals surface area contributed by atoms with Gasteiger partial charge in [0.15, 0.2) is 11.5 Å². The number of benzene rings is 2. The maximum Gasteiger partial charge on any atom is 0.416 e. The molecule has 134 valence electrons. The van der Waals surface area contributed by atoms with Gasteiger partial charge in [-0.2, -0.15) is 13.2 Å². The Labute approximate surface area is 146 Å². The summed E-state index contributed by atoms with van der Waals surface area (Å²) in [4.78, 5) is -0.668. The minimum absolute atomic E-state index is 0.109. The lowest BCUT2D eigenvalue weighted by Gasteiger charge is -2.19. The third-order valence-corrected chi connectivity index (χ3v) is 5.21. The van der Waals surface area contributed by atoms with Crippen molar-refractivity contribution in [1.82, 2.24) is 0 Å². The molecular formula is C15H11ClF3NO4S. The summed E-state index contributed by atoms with van der Waals surface area (Å²) >= 11 is 5.78. The molecule has 10 heteroatoms. The highest BCUT2D eigenvalue weighted by atomic mass is 35.5. The van der Waals surface area contributed by atoms with E-state index in [1.165, 1.54) is 18.2 Å². The standard InChI is InChI=1S/C15H11ClF3NO4S/c16-11-3-1-9(15(17,18)19)7-14(11)25(21,22)20-10-2-4-12-13(8-10)24-6-5-23-12/h1-4,7-8,20H,5-6H2. The van der Waals surface area contributed by atoms with Crippen LogP contribution in [-0.2, 0) is 16.2 Å². The van der Waals surface area contributed by atoms with Gasteiger partial charge in [-0.25, -0.2) is 8.42 Å². The number of hydrogen-bond acceptors (Lipinski definition) is 4. The van der Waals surface area contributed by atoms with Crippen LogP contribution in [0.3, 0.4) is 0 Å². The predicted molar refractivity (Wildman–Crippen MR) is 84.7 cm³/mol. The first kappa shape index (κ1) is 17.7. The fourth-order valence-corrected chi connectivity index (χ4v) is 3.78. The second-order valence-electron chi connectivity index (χ2n) is 5.11. The van der Waals surface area contributed by atoms with E-state index in [1.807, 2.05) is 0 Å². The van der Waals surface area contributed by atoms with Crippen LogP contribution in [0.5, 0.6) is 11.5 Å². The van der Waals surface area contributed by atoms with E-state index >= 15 is 0 Å². The molecule has 5 nitrogen and oxygen atoms in total. The van der Waals surface area contributed by atoms with Crippen molar-refractivity contribution in [3.63, 3.8) is 0 Å². The first-order valence-electron chi connectivity index (χ1n) is 6.96. The molecule has 0 aliphatic carbocycles. The molecule has 0 fully saturated rings. The molecule has 0 atom stereocenters. The van der Waals surface area contributed by atoms with Crippen molar-refractivity contribution in [2.75, 3.05) is 17.9 Å². The Morgan fingerprint density at radius 3 is 2.36 bits per heavy atom. The molecule has 1 heterocycles. The van der Waals surface area contributed by atoms with Crippen molar-refractivity contribution in [1.29, 1.82) is 0 Å². The molecule has 2 aromatic rings. The van der Waals surface area contributed by atoms with Gasteiger partial charge >= 0.3 is 6.18 Å². The molecule has 1 N–H and O–H groups in total. The highest BCUT2D eigenvalue weighted by molar-refractivity contribution is 7.92. The minimum atomic E-state index is -4.69. The monoisotopic (exact) mass is 393 g/mol. The molecule has 0 spiro atoms.